The van der Waals surface area contributed by atoms with Gasteiger partial charge in [0.1, 0.15) is 0 Å². The number of fused-ring (bicyclic) bond motifs is 1. The molecule has 0 bridgehead atoms. The van der Waals surface area contributed by atoms with Crippen molar-refractivity contribution in [2.45, 2.75) is 13.3 Å². The van der Waals surface area contributed by atoms with Crippen molar-refractivity contribution in [3.05, 3.63) is 0 Å². The van der Waals surface area contributed by atoms with Crippen molar-refractivity contribution in [2.75, 3.05) is 13.1 Å². The molecular weight excluding hydrogens is 86.1 g/mol. The smallest absolute Gasteiger partial charge is 0.000853 e. The molecule has 7 heavy (non-hydrogen) atoms. The molecule has 0 amide bonds. The second-order valence-corrected chi connectivity index (χ2v) is 3.19. The summed E-state index contributed by atoms with van der Waals surface area (Å²) in [5, 5.41) is 3.36. The molecule has 0 aromatic rings. The van der Waals surface area contributed by atoms with Crippen LogP contribution in [-0.4, -0.2) is 13.1 Å². The first kappa shape index (κ1) is 3.90. The summed E-state index contributed by atoms with van der Waals surface area (Å²) in [6.45, 7) is 4.94. The predicted molar refractivity (Wildman–Crippen MR) is 29.1 cm³/mol. The molecule has 1 aliphatic heterocycles. The average molecular weight is 97.2 g/mol. The Morgan fingerprint density at radius 3 is 2.71 bits per heavy atom. The lowest BCUT2D eigenvalue weighted by molar-refractivity contribution is 0.576. The molecule has 1 nitrogen and oxygen atoms in total. The Morgan fingerprint density at radius 1 is 1.71 bits per heavy atom. The quantitative estimate of drug-likeness (QED) is 0.467. The van der Waals surface area contributed by atoms with Crippen molar-refractivity contribution in [1.29, 1.82) is 0 Å². The van der Waals surface area contributed by atoms with Gasteiger partial charge >= 0.3 is 0 Å². The van der Waals surface area contributed by atoms with E-state index in [0.29, 0.717) is 0 Å². The number of hydrogen-bond acceptors (Lipinski definition) is 1. The van der Waals surface area contributed by atoms with E-state index < -0.39 is 0 Å². The molecule has 2 aliphatic rings. The molecule has 1 N–H and O–H groups in total. The molecule has 0 radical (unpaired) electrons. The van der Waals surface area contributed by atoms with E-state index >= 15 is 0 Å². The third-order valence-electron chi connectivity index (χ3n) is 2.46. The van der Waals surface area contributed by atoms with Gasteiger partial charge in [-0.1, -0.05) is 6.92 Å². The lowest BCUT2D eigenvalue weighted by Crippen LogP contribution is -2.13. The summed E-state index contributed by atoms with van der Waals surface area (Å²) in [4.78, 5) is 0. The van der Waals surface area contributed by atoms with E-state index in [1.165, 1.54) is 19.5 Å². The van der Waals surface area contributed by atoms with Crippen LogP contribution in [0, 0.1) is 11.3 Å². The summed E-state index contributed by atoms with van der Waals surface area (Å²) >= 11 is 0. The summed E-state index contributed by atoms with van der Waals surface area (Å²) < 4.78 is 0. The molecule has 2 atom stereocenters. The van der Waals surface area contributed by atoms with Gasteiger partial charge in [-0.15, -0.1) is 0 Å². The van der Waals surface area contributed by atoms with Crippen molar-refractivity contribution in [3.63, 3.8) is 0 Å². The third kappa shape index (κ3) is 0.367. The number of nitrogens with one attached hydrogen (secondary N) is 1. The fourth-order valence-corrected chi connectivity index (χ4v) is 1.57. The molecule has 1 saturated heterocycles. The standard InChI is InChI=1S/C6H11N/c1-6-2-5(6)3-7-4-6/h5,7H,2-4H2,1H3/t5-,6?/m0/s1. The monoisotopic (exact) mass is 97.1 g/mol. The zero-order chi connectivity index (χ0) is 4.91. The van der Waals surface area contributed by atoms with Gasteiger partial charge in [-0.2, -0.15) is 0 Å². The summed E-state index contributed by atoms with van der Waals surface area (Å²) in [6.07, 6.45) is 1.49. The van der Waals surface area contributed by atoms with Crippen LogP contribution in [0.4, 0.5) is 0 Å². The molecular formula is C6H11N. The maximum Gasteiger partial charge on any atom is 0.000853 e. The van der Waals surface area contributed by atoms with Gasteiger partial charge in [-0.05, 0) is 24.3 Å². The van der Waals surface area contributed by atoms with E-state index in [1.54, 1.807) is 0 Å². The van der Waals surface area contributed by atoms with Crippen LogP contribution in [0.1, 0.15) is 13.3 Å². The number of piperidine rings is 1. The second kappa shape index (κ2) is 0.873. The van der Waals surface area contributed by atoms with Gasteiger partial charge < -0.3 is 5.32 Å². The van der Waals surface area contributed by atoms with E-state index in [-0.39, 0.29) is 0 Å². The van der Waals surface area contributed by atoms with E-state index in [4.69, 9.17) is 0 Å². The zero-order valence-electron chi connectivity index (χ0n) is 4.70. The molecule has 1 heterocycles. The highest BCUT2D eigenvalue weighted by atomic mass is 15.0. The van der Waals surface area contributed by atoms with Crippen LogP contribution in [0.5, 0.6) is 0 Å². The summed E-state index contributed by atoms with van der Waals surface area (Å²) in [7, 11) is 0. The van der Waals surface area contributed by atoms with Crippen molar-refractivity contribution in [3.8, 4) is 0 Å². The molecule has 40 valence electrons. The van der Waals surface area contributed by atoms with E-state index in [0.717, 1.165) is 11.3 Å². The molecule has 1 heteroatoms. The van der Waals surface area contributed by atoms with E-state index in [2.05, 4.69) is 12.2 Å². The minimum Gasteiger partial charge on any atom is -0.316 e. The van der Waals surface area contributed by atoms with Gasteiger partial charge in [-0.25, -0.2) is 0 Å². The molecule has 0 aromatic carbocycles. The highest BCUT2D eigenvalue weighted by molar-refractivity contribution is 5.05. The second-order valence-electron chi connectivity index (χ2n) is 3.19. The maximum absolute atomic E-state index is 3.36. The minimum atomic E-state index is 0.750. The largest absolute Gasteiger partial charge is 0.316 e. The van der Waals surface area contributed by atoms with Crippen molar-refractivity contribution in [2.24, 2.45) is 11.3 Å². The normalized spacial score (nSPS) is 57.0. The van der Waals surface area contributed by atoms with Gasteiger partial charge in [0, 0.05) is 6.54 Å². The van der Waals surface area contributed by atoms with E-state index in [1.807, 2.05) is 0 Å². The summed E-state index contributed by atoms with van der Waals surface area (Å²) in [5.41, 5.74) is 0.750. The number of hydrogen-bond donors (Lipinski definition) is 1. The molecule has 1 aliphatic carbocycles. The highest BCUT2D eigenvalue weighted by Crippen LogP contribution is 2.54. The van der Waals surface area contributed by atoms with Gasteiger partial charge in [-0.3, -0.25) is 0 Å². The first-order valence-corrected chi connectivity index (χ1v) is 3.02. The van der Waals surface area contributed by atoms with Gasteiger partial charge in [0.2, 0.25) is 0 Å². The van der Waals surface area contributed by atoms with Crippen molar-refractivity contribution >= 4 is 0 Å². The Balaban J connectivity index is 2.17. The molecule has 0 aromatic heterocycles. The minimum absolute atomic E-state index is 0.750. The van der Waals surface area contributed by atoms with Gasteiger partial charge in [0.15, 0.2) is 0 Å². The molecule has 0 spiro atoms. The van der Waals surface area contributed by atoms with Crippen LogP contribution < -0.4 is 5.32 Å². The summed E-state index contributed by atoms with van der Waals surface area (Å²) in [6, 6.07) is 0. The average Bonchev–Trinajstić information content (AvgIpc) is 2.09. The molecule has 1 saturated carbocycles. The van der Waals surface area contributed by atoms with Crippen LogP contribution in [0.15, 0.2) is 0 Å². The third-order valence-corrected chi connectivity index (χ3v) is 2.46. The maximum atomic E-state index is 3.36. The first-order chi connectivity index (χ1) is 3.31. The van der Waals surface area contributed by atoms with Crippen molar-refractivity contribution in [1.82, 2.24) is 5.32 Å². The highest BCUT2D eigenvalue weighted by Gasteiger charge is 2.52. The topological polar surface area (TPSA) is 12.0 Å². The Labute approximate surface area is 44.1 Å². The Kier molecular flexibility index (Phi) is 0.487. The van der Waals surface area contributed by atoms with Crippen LogP contribution in [0.2, 0.25) is 0 Å². The Morgan fingerprint density at radius 2 is 2.57 bits per heavy atom. The zero-order valence-corrected chi connectivity index (χ0v) is 4.70. The van der Waals surface area contributed by atoms with Gasteiger partial charge in [0.05, 0.1) is 0 Å². The van der Waals surface area contributed by atoms with Gasteiger partial charge in [0.25, 0.3) is 0 Å². The first-order valence-electron chi connectivity index (χ1n) is 3.02. The van der Waals surface area contributed by atoms with Crippen LogP contribution >= 0.6 is 0 Å². The lowest BCUT2D eigenvalue weighted by Gasteiger charge is -1.97. The fraction of sp³-hybridized carbons (Fsp3) is 1.00. The molecule has 1 unspecified atom stereocenters. The van der Waals surface area contributed by atoms with E-state index in [9.17, 15) is 0 Å². The Hall–Kier alpha value is -0.0400. The molecule has 2 fully saturated rings. The summed E-state index contributed by atoms with van der Waals surface area (Å²) in [5.74, 6) is 1.05. The predicted octanol–water partition coefficient (Wildman–Crippen LogP) is 0.616. The molecule has 2 rings (SSSR count). The van der Waals surface area contributed by atoms with Crippen LogP contribution in [-0.2, 0) is 0 Å². The SMILES string of the molecule is CC12CNC[C@@H]1C2. The fourth-order valence-electron chi connectivity index (χ4n) is 1.57. The van der Waals surface area contributed by atoms with Crippen LogP contribution in [0.25, 0.3) is 0 Å². The lowest BCUT2D eigenvalue weighted by atomic mass is 10.1. The number of rotatable bonds is 0. The van der Waals surface area contributed by atoms with Crippen molar-refractivity contribution < 1.29 is 0 Å². The Bertz CT molecular complexity index is 98.4. The van der Waals surface area contributed by atoms with Crippen LogP contribution in [0.3, 0.4) is 0 Å².